The number of pyridine rings is 1. The molecule has 0 aliphatic rings. The van der Waals surface area contributed by atoms with E-state index in [1.54, 1.807) is 41.2 Å². The molecule has 5 heteroatoms. The molecule has 0 saturated heterocycles. The number of hydrogen-bond acceptors (Lipinski definition) is 2. The van der Waals surface area contributed by atoms with Crippen molar-refractivity contribution in [2.75, 3.05) is 5.32 Å². The van der Waals surface area contributed by atoms with Crippen LogP contribution in [0.15, 0.2) is 79.1 Å². The zero-order valence-electron chi connectivity index (χ0n) is 14.1. The zero-order chi connectivity index (χ0) is 18.5. The molecule has 3 aromatic rings. The van der Waals surface area contributed by atoms with Gasteiger partial charge in [0.05, 0.1) is 0 Å². The van der Waals surface area contributed by atoms with E-state index in [0.29, 0.717) is 21.3 Å². The third kappa shape index (κ3) is 4.10. The van der Waals surface area contributed by atoms with Crippen LogP contribution in [-0.4, -0.2) is 4.99 Å². The van der Waals surface area contributed by atoms with Gasteiger partial charge in [-0.3, -0.25) is 0 Å². The number of aromatic nitrogens is 1. The predicted octanol–water partition coefficient (Wildman–Crippen LogP) is 4.06. The number of aryl methyl sites for hydroxylation is 1. The Hall–Kier alpha value is -2.69. The van der Waals surface area contributed by atoms with E-state index in [2.05, 4.69) is 5.32 Å². The van der Waals surface area contributed by atoms with E-state index in [1.807, 2.05) is 49.4 Å². The first-order chi connectivity index (χ1) is 12.6. The summed E-state index contributed by atoms with van der Waals surface area (Å²) in [6.07, 6.45) is 3.57. The van der Waals surface area contributed by atoms with E-state index in [4.69, 9.17) is 23.8 Å². The molecule has 3 rings (SSSR count). The number of thiocarbonyl (C=S) groups is 1. The largest absolute Gasteiger partial charge is 0.867 e. The molecule has 2 aromatic carbocycles. The van der Waals surface area contributed by atoms with Crippen molar-refractivity contribution >= 4 is 46.0 Å². The monoisotopic (exact) mass is 380 g/mol. The van der Waals surface area contributed by atoms with E-state index >= 15 is 0 Å². The fourth-order valence-corrected chi connectivity index (χ4v) is 3.02. The molecular formula is C21H17ClN2OS. The molecule has 1 aromatic heterocycles. The van der Waals surface area contributed by atoms with Crippen LogP contribution in [0.4, 0.5) is 5.69 Å². The second kappa shape index (κ2) is 8.13. The SMILES string of the molecule is Cc1ccc(NC(=S)C(=C([O-])c2ccccc2Cl)[n+]2ccccc2)cc1. The van der Waals surface area contributed by atoms with Crippen molar-refractivity contribution in [3.05, 3.63) is 95.3 Å². The Balaban J connectivity index is 2.07. The lowest BCUT2D eigenvalue weighted by Crippen LogP contribution is -2.39. The summed E-state index contributed by atoms with van der Waals surface area (Å²) in [5, 5.41) is 16.7. The van der Waals surface area contributed by atoms with Crippen molar-refractivity contribution in [3.8, 4) is 0 Å². The first-order valence-corrected chi connectivity index (χ1v) is 8.86. The van der Waals surface area contributed by atoms with Crippen molar-refractivity contribution in [2.24, 2.45) is 0 Å². The molecular weight excluding hydrogens is 364 g/mol. The first-order valence-electron chi connectivity index (χ1n) is 8.07. The van der Waals surface area contributed by atoms with E-state index in [0.717, 1.165) is 11.3 Å². The van der Waals surface area contributed by atoms with Crippen molar-refractivity contribution in [3.63, 3.8) is 0 Å². The first kappa shape index (κ1) is 18.1. The van der Waals surface area contributed by atoms with Crippen LogP contribution in [0.1, 0.15) is 11.1 Å². The number of benzene rings is 2. The van der Waals surface area contributed by atoms with Gasteiger partial charge in [-0.25, -0.2) is 0 Å². The topological polar surface area (TPSA) is 39.0 Å². The summed E-state index contributed by atoms with van der Waals surface area (Å²) in [5.41, 5.74) is 2.72. The van der Waals surface area contributed by atoms with Crippen LogP contribution in [0, 0.1) is 6.92 Å². The number of rotatable bonds is 4. The van der Waals surface area contributed by atoms with Crippen LogP contribution in [0.25, 0.3) is 11.5 Å². The van der Waals surface area contributed by atoms with Crippen LogP contribution in [-0.2, 0) is 0 Å². The Morgan fingerprint density at radius 2 is 1.62 bits per heavy atom. The van der Waals surface area contributed by atoms with E-state index in [9.17, 15) is 5.11 Å². The quantitative estimate of drug-likeness (QED) is 0.321. The smallest absolute Gasteiger partial charge is 0.238 e. The average Bonchev–Trinajstić information content (AvgIpc) is 2.65. The molecule has 0 aliphatic carbocycles. The number of anilines is 1. The highest BCUT2D eigenvalue weighted by atomic mass is 35.5. The fourth-order valence-electron chi connectivity index (χ4n) is 2.49. The van der Waals surface area contributed by atoms with Gasteiger partial charge in [0.2, 0.25) is 5.70 Å². The van der Waals surface area contributed by atoms with Gasteiger partial charge in [0.25, 0.3) is 0 Å². The van der Waals surface area contributed by atoms with Gasteiger partial charge in [-0.05, 0) is 36.4 Å². The number of hydrogen-bond donors (Lipinski definition) is 1. The van der Waals surface area contributed by atoms with Gasteiger partial charge in [0.1, 0.15) is 0 Å². The summed E-state index contributed by atoms with van der Waals surface area (Å²) in [7, 11) is 0. The summed E-state index contributed by atoms with van der Waals surface area (Å²) < 4.78 is 1.70. The highest BCUT2D eigenvalue weighted by Crippen LogP contribution is 2.23. The molecule has 1 N–H and O–H groups in total. The van der Waals surface area contributed by atoms with Crippen LogP contribution in [0.5, 0.6) is 0 Å². The van der Waals surface area contributed by atoms with Crippen LogP contribution < -0.4 is 15.0 Å². The minimum absolute atomic E-state index is 0.239. The van der Waals surface area contributed by atoms with Gasteiger partial charge < -0.3 is 10.4 Å². The second-order valence-electron chi connectivity index (χ2n) is 5.76. The Kier molecular flexibility index (Phi) is 5.66. The number of halogens is 1. The molecule has 0 bridgehead atoms. The molecule has 0 amide bonds. The third-order valence-corrected chi connectivity index (χ3v) is 4.46. The standard InChI is InChI=1S/C21H17ClN2OS/c1-15-9-11-16(12-10-15)23-21(26)19(24-13-5-2-6-14-24)20(25)17-7-3-4-8-18(17)22/h2-14H,1H3,(H-,23,25,26). The Bertz CT molecular complexity index is 953. The summed E-state index contributed by atoms with van der Waals surface area (Å²) >= 11 is 11.8. The molecule has 0 saturated carbocycles. The second-order valence-corrected chi connectivity index (χ2v) is 6.58. The van der Waals surface area contributed by atoms with Gasteiger partial charge >= 0.3 is 0 Å². The molecule has 0 spiro atoms. The summed E-state index contributed by atoms with van der Waals surface area (Å²) in [6, 6.07) is 20.3. The Labute approximate surface area is 163 Å². The Morgan fingerprint density at radius 1 is 0.962 bits per heavy atom. The number of nitrogens with zero attached hydrogens (tertiary/aromatic N) is 1. The molecule has 130 valence electrons. The fraction of sp³-hybridized carbons (Fsp3) is 0.0476. The average molecular weight is 381 g/mol. The molecule has 0 aliphatic heterocycles. The normalized spacial score (nSPS) is 11.6. The number of nitrogens with one attached hydrogen (secondary N) is 1. The lowest BCUT2D eigenvalue weighted by atomic mass is 10.1. The van der Waals surface area contributed by atoms with Crippen molar-refractivity contribution < 1.29 is 9.67 Å². The summed E-state index contributed by atoms with van der Waals surface area (Å²) in [5.74, 6) is -0.239. The molecule has 0 atom stereocenters. The molecule has 0 radical (unpaired) electrons. The van der Waals surface area contributed by atoms with Gasteiger partial charge in [-0.15, -0.1) is 0 Å². The maximum Gasteiger partial charge on any atom is 0.238 e. The molecule has 0 unspecified atom stereocenters. The predicted molar refractivity (Wildman–Crippen MR) is 109 cm³/mol. The maximum absolute atomic E-state index is 13.2. The zero-order valence-corrected chi connectivity index (χ0v) is 15.7. The van der Waals surface area contributed by atoms with Crippen molar-refractivity contribution in [1.82, 2.24) is 0 Å². The molecule has 1 heterocycles. The van der Waals surface area contributed by atoms with Gasteiger partial charge in [-0.2, -0.15) is 4.57 Å². The lowest BCUT2D eigenvalue weighted by Gasteiger charge is -2.18. The third-order valence-electron chi connectivity index (χ3n) is 3.83. The van der Waals surface area contributed by atoms with Crippen molar-refractivity contribution in [1.29, 1.82) is 0 Å². The minimum atomic E-state index is -0.239. The van der Waals surface area contributed by atoms with E-state index in [-0.39, 0.29) is 5.76 Å². The van der Waals surface area contributed by atoms with Gasteiger partial charge in [-0.1, -0.05) is 65.8 Å². The van der Waals surface area contributed by atoms with Crippen LogP contribution in [0.3, 0.4) is 0 Å². The highest BCUT2D eigenvalue weighted by Gasteiger charge is 2.19. The summed E-state index contributed by atoms with van der Waals surface area (Å²) in [4.78, 5) is 0.329. The highest BCUT2D eigenvalue weighted by molar-refractivity contribution is 7.81. The van der Waals surface area contributed by atoms with Crippen LogP contribution in [0.2, 0.25) is 5.02 Å². The maximum atomic E-state index is 13.2. The summed E-state index contributed by atoms with van der Waals surface area (Å²) in [6.45, 7) is 2.01. The van der Waals surface area contributed by atoms with Crippen LogP contribution >= 0.6 is 23.8 Å². The minimum Gasteiger partial charge on any atom is -0.867 e. The van der Waals surface area contributed by atoms with E-state index in [1.165, 1.54) is 0 Å². The van der Waals surface area contributed by atoms with E-state index < -0.39 is 0 Å². The molecule has 0 fully saturated rings. The lowest BCUT2D eigenvalue weighted by molar-refractivity contribution is -0.577. The Morgan fingerprint density at radius 3 is 2.27 bits per heavy atom. The molecule has 26 heavy (non-hydrogen) atoms. The molecule has 3 nitrogen and oxygen atoms in total. The van der Waals surface area contributed by atoms with Gasteiger partial charge in [0.15, 0.2) is 17.4 Å². The van der Waals surface area contributed by atoms with Gasteiger partial charge in [0, 0.05) is 22.8 Å². The van der Waals surface area contributed by atoms with Crippen molar-refractivity contribution in [2.45, 2.75) is 6.92 Å².